The van der Waals surface area contributed by atoms with Crippen molar-refractivity contribution in [2.45, 2.75) is 33.2 Å². The molecule has 0 aromatic carbocycles. The molecule has 2 N–H and O–H groups in total. The zero-order chi connectivity index (χ0) is 15.4. The number of H-pyrrole nitrogens is 1. The Balaban J connectivity index is 3.07. The van der Waals surface area contributed by atoms with Crippen molar-refractivity contribution in [3.63, 3.8) is 0 Å². The van der Waals surface area contributed by atoms with Crippen molar-refractivity contribution in [3.8, 4) is 0 Å². The van der Waals surface area contributed by atoms with Gasteiger partial charge in [-0.15, -0.1) is 0 Å². The second-order valence-corrected chi connectivity index (χ2v) is 5.29. The van der Waals surface area contributed by atoms with Crippen LogP contribution in [0, 0.1) is 5.92 Å². The number of aromatic amines is 1. The Morgan fingerprint density at radius 2 is 1.90 bits per heavy atom. The predicted molar refractivity (Wildman–Crippen MR) is 74.8 cm³/mol. The number of nitrogens with one attached hydrogen (secondary N) is 1. The van der Waals surface area contributed by atoms with Crippen molar-refractivity contribution in [2.24, 2.45) is 5.92 Å². The highest BCUT2D eigenvalue weighted by molar-refractivity contribution is 5.96. The number of hydrogen-bond acceptors (Lipinski definition) is 3. The minimum Gasteiger partial charge on any atom is -0.480 e. The molecule has 0 bridgehead atoms. The summed E-state index contributed by atoms with van der Waals surface area (Å²) in [5.74, 6) is -1.23. The van der Waals surface area contributed by atoms with E-state index in [1.807, 2.05) is 13.8 Å². The van der Waals surface area contributed by atoms with E-state index in [1.54, 1.807) is 6.07 Å². The minimum atomic E-state index is -1.09. The van der Waals surface area contributed by atoms with Crippen molar-refractivity contribution in [1.29, 1.82) is 0 Å². The van der Waals surface area contributed by atoms with Gasteiger partial charge in [0.1, 0.15) is 6.04 Å². The van der Waals surface area contributed by atoms with Gasteiger partial charge >= 0.3 is 5.97 Å². The first-order chi connectivity index (χ1) is 9.22. The van der Waals surface area contributed by atoms with Crippen LogP contribution in [-0.2, 0) is 11.2 Å². The zero-order valence-corrected chi connectivity index (χ0v) is 12.1. The molecule has 6 heteroatoms. The number of nitrogens with zero attached hydrogens (tertiary/aromatic N) is 1. The maximum atomic E-state index is 12.2. The highest BCUT2D eigenvalue weighted by atomic mass is 16.4. The lowest BCUT2D eigenvalue weighted by atomic mass is 10.1. The number of amides is 1. The molecular weight excluding hydrogens is 260 g/mol. The summed E-state index contributed by atoms with van der Waals surface area (Å²) in [5, 5.41) is 8.91. The predicted octanol–water partition coefficient (Wildman–Crippen LogP) is 1.12. The number of carbonyl (C=O) groups is 2. The first-order valence-electron chi connectivity index (χ1n) is 6.45. The van der Waals surface area contributed by atoms with E-state index in [4.69, 9.17) is 5.11 Å². The topological polar surface area (TPSA) is 90.5 Å². The average molecular weight is 280 g/mol. The Morgan fingerprint density at radius 1 is 1.30 bits per heavy atom. The van der Waals surface area contributed by atoms with E-state index in [0.29, 0.717) is 18.0 Å². The molecule has 1 rings (SSSR count). The molecule has 0 saturated heterocycles. The van der Waals surface area contributed by atoms with Gasteiger partial charge in [0, 0.05) is 24.4 Å². The van der Waals surface area contributed by atoms with Gasteiger partial charge in [-0.05, 0) is 25.3 Å². The molecule has 0 aliphatic rings. The van der Waals surface area contributed by atoms with Crippen LogP contribution in [0.3, 0.4) is 0 Å². The largest absolute Gasteiger partial charge is 0.480 e. The van der Waals surface area contributed by atoms with Crippen molar-refractivity contribution < 1.29 is 14.7 Å². The summed E-state index contributed by atoms with van der Waals surface area (Å²) in [6.45, 7) is 5.43. The Bertz CT molecular complexity index is 563. The Kier molecular flexibility index (Phi) is 5.07. The van der Waals surface area contributed by atoms with E-state index in [9.17, 15) is 14.4 Å². The van der Waals surface area contributed by atoms with Gasteiger partial charge in [-0.2, -0.15) is 0 Å². The molecule has 1 atom stereocenters. The van der Waals surface area contributed by atoms with Gasteiger partial charge in [-0.25, -0.2) is 4.79 Å². The quantitative estimate of drug-likeness (QED) is 0.845. The molecule has 0 spiro atoms. The van der Waals surface area contributed by atoms with Crippen molar-refractivity contribution >= 4 is 11.9 Å². The fraction of sp³-hybridized carbons (Fsp3) is 0.500. The Labute approximate surface area is 117 Å². The van der Waals surface area contributed by atoms with E-state index in [0.717, 1.165) is 4.90 Å². The summed E-state index contributed by atoms with van der Waals surface area (Å²) < 4.78 is 0. The number of carboxylic acids is 1. The summed E-state index contributed by atoms with van der Waals surface area (Å²) in [6, 6.07) is 1.85. The molecule has 1 amide bonds. The first kappa shape index (κ1) is 15.9. The summed E-state index contributed by atoms with van der Waals surface area (Å²) in [4.78, 5) is 38.5. The van der Waals surface area contributed by atoms with Crippen LogP contribution in [0.25, 0.3) is 0 Å². The van der Waals surface area contributed by atoms with Crippen LogP contribution in [0.2, 0.25) is 0 Å². The van der Waals surface area contributed by atoms with Gasteiger partial charge in [0.2, 0.25) is 5.56 Å². The summed E-state index contributed by atoms with van der Waals surface area (Å²) in [7, 11) is 1.41. The highest BCUT2D eigenvalue weighted by Gasteiger charge is 2.23. The van der Waals surface area contributed by atoms with E-state index >= 15 is 0 Å². The van der Waals surface area contributed by atoms with Gasteiger partial charge in [-0.3, -0.25) is 9.59 Å². The van der Waals surface area contributed by atoms with Crippen molar-refractivity contribution in [1.82, 2.24) is 9.88 Å². The van der Waals surface area contributed by atoms with Crippen molar-refractivity contribution in [2.75, 3.05) is 7.05 Å². The molecule has 20 heavy (non-hydrogen) atoms. The van der Waals surface area contributed by atoms with E-state index in [-0.39, 0.29) is 11.1 Å². The molecule has 1 aromatic rings. The van der Waals surface area contributed by atoms with Gasteiger partial charge in [0.05, 0.1) is 0 Å². The maximum Gasteiger partial charge on any atom is 0.326 e. The van der Waals surface area contributed by atoms with E-state index < -0.39 is 17.9 Å². The fourth-order valence-electron chi connectivity index (χ4n) is 1.82. The third-order valence-electron chi connectivity index (χ3n) is 3.03. The van der Waals surface area contributed by atoms with E-state index in [1.165, 1.54) is 20.0 Å². The lowest BCUT2D eigenvalue weighted by Gasteiger charge is -2.21. The van der Waals surface area contributed by atoms with Gasteiger partial charge < -0.3 is 15.0 Å². The molecular formula is C14H20N2O4. The smallest absolute Gasteiger partial charge is 0.326 e. The molecule has 1 unspecified atom stereocenters. The molecule has 0 aliphatic heterocycles. The van der Waals surface area contributed by atoms with Crippen LogP contribution in [0.15, 0.2) is 16.9 Å². The first-order valence-corrected chi connectivity index (χ1v) is 6.45. The molecule has 1 heterocycles. The second-order valence-electron chi connectivity index (χ2n) is 5.29. The SMILES string of the molecule is CC(C)Cc1cc(C(=O)N(C)C(C)C(=O)O)cc(=O)[nH]1. The zero-order valence-electron chi connectivity index (χ0n) is 12.1. The summed E-state index contributed by atoms with van der Waals surface area (Å²) in [6.07, 6.45) is 0.647. The average Bonchev–Trinajstić information content (AvgIpc) is 2.34. The lowest BCUT2D eigenvalue weighted by Crippen LogP contribution is -2.40. The van der Waals surface area contributed by atoms with Crippen LogP contribution in [0.4, 0.5) is 0 Å². The van der Waals surface area contributed by atoms with Crippen molar-refractivity contribution in [3.05, 3.63) is 33.7 Å². The molecule has 110 valence electrons. The number of carboxylic acid groups (broad SMARTS) is 1. The number of likely N-dealkylation sites (N-methyl/N-ethyl adjacent to an activating group) is 1. The molecule has 0 fully saturated rings. The number of carbonyl (C=O) groups excluding carboxylic acids is 1. The fourth-order valence-corrected chi connectivity index (χ4v) is 1.82. The number of pyridine rings is 1. The number of aromatic nitrogens is 1. The summed E-state index contributed by atoms with van der Waals surface area (Å²) >= 11 is 0. The normalized spacial score (nSPS) is 12.2. The van der Waals surface area contributed by atoms with Gasteiger partial charge in [0.25, 0.3) is 5.91 Å². The second kappa shape index (κ2) is 6.36. The van der Waals surface area contributed by atoms with E-state index in [2.05, 4.69) is 4.98 Å². The minimum absolute atomic E-state index is 0.208. The maximum absolute atomic E-state index is 12.2. The Hall–Kier alpha value is -2.11. The highest BCUT2D eigenvalue weighted by Crippen LogP contribution is 2.09. The van der Waals surface area contributed by atoms with Crippen LogP contribution >= 0.6 is 0 Å². The molecule has 0 radical (unpaired) electrons. The molecule has 6 nitrogen and oxygen atoms in total. The number of rotatable bonds is 5. The van der Waals surface area contributed by atoms with Crippen LogP contribution in [0.1, 0.15) is 36.8 Å². The summed E-state index contributed by atoms with van der Waals surface area (Å²) in [5.41, 5.74) is 0.523. The van der Waals surface area contributed by atoms with Crippen LogP contribution in [-0.4, -0.2) is 40.0 Å². The Morgan fingerprint density at radius 3 is 2.40 bits per heavy atom. The molecule has 0 saturated carbocycles. The third-order valence-corrected chi connectivity index (χ3v) is 3.03. The number of hydrogen-bond donors (Lipinski definition) is 2. The van der Waals surface area contributed by atoms with Gasteiger partial charge in [0.15, 0.2) is 0 Å². The third kappa shape index (κ3) is 3.94. The van der Waals surface area contributed by atoms with Gasteiger partial charge in [-0.1, -0.05) is 13.8 Å². The molecule has 1 aromatic heterocycles. The van der Waals surface area contributed by atoms with Crippen LogP contribution < -0.4 is 5.56 Å². The van der Waals surface area contributed by atoms with Crippen LogP contribution in [0.5, 0.6) is 0 Å². The monoisotopic (exact) mass is 280 g/mol. The lowest BCUT2D eigenvalue weighted by molar-refractivity contribution is -0.141. The number of aliphatic carboxylic acids is 1. The molecule has 0 aliphatic carbocycles. The standard InChI is InChI=1S/C14H20N2O4/c1-8(2)5-11-6-10(7-12(17)15-11)13(18)16(4)9(3)14(19)20/h6-9H,5H2,1-4H3,(H,15,17)(H,19,20).